The molecule has 3 aromatic heterocycles. The van der Waals surface area contributed by atoms with Crippen LogP contribution in [0.5, 0.6) is 0 Å². The topological polar surface area (TPSA) is 91.2 Å². The molecular weight excluding hydrogens is 440 g/mol. The summed E-state index contributed by atoms with van der Waals surface area (Å²) in [4.78, 5) is 42.4. The molecule has 2 aliphatic rings. The number of rotatable bonds is 3. The number of carbonyl (C=O) groups is 1. The third kappa shape index (κ3) is 4.27. The number of aromatic nitrogens is 5. The summed E-state index contributed by atoms with van der Waals surface area (Å²) in [7, 11) is 2.16. The monoisotopic (exact) mass is 468 g/mol. The summed E-state index contributed by atoms with van der Waals surface area (Å²) < 4.78 is 0. The zero-order valence-corrected chi connectivity index (χ0v) is 19.8. The minimum atomic E-state index is 0.0403. The molecule has 9 nitrogen and oxygen atoms in total. The minimum Gasteiger partial charge on any atom is -0.368 e. The van der Waals surface area contributed by atoms with Crippen molar-refractivity contribution < 1.29 is 4.79 Å². The molecule has 0 atom stereocenters. The first-order chi connectivity index (χ1) is 17.2. The molecule has 4 aromatic rings. The van der Waals surface area contributed by atoms with Gasteiger partial charge in [0.1, 0.15) is 11.8 Å². The van der Waals surface area contributed by atoms with E-state index in [9.17, 15) is 4.79 Å². The molecule has 0 bridgehead atoms. The maximum atomic E-state index is 13.1. The SMILES string of the molecule is CN1CCN(c2cnc3c(C4CCN(C(=O)c5ccc6nccnc6c5)CC4)ncnc3c2)CC1. The summed E-state index contributed by atoms with van der Waals surface area (Å²) in [5.41, 5.74) is 6.07. The van der Waals surface area contributed by atoms with E-state index in [1.807, 2.05) is 29.3 Å². The van der Waals surface area contributed by atoms with Gasteiger partial charge >= 0.3 is 0 Å². The zero-order chi connectivity index (χ0) is 23.8. The highest BCUT2D eigenvalue weighted by Crippen LogP contribution is 2.32. The lowest BCUT2D eigenvalue weighted by atomic mass is 9.92. The molecule has 35 heavy (non-hydrogen) atoms. The summed E-state index contributed by atoms with van der Waals surface area (Å²) in [6.07, 6.45) is 8.63. The van der Waals surface area contributed by atoms with E-state index in [0.717, 1.165) is 72.5 Å². The van der Waals surface area contributed by atoms with Crippen LogP contribution in [0, 0.1) is 0 Å². The molecule has 0 saturated carbocycles. The number of likely N-dealkylation sites (tertiary alicyclic amines) is 1. The van der Waals surface area contributed by atoms with Crippen LogP contribution in [0.1, 0.15) is 34.8 Å². The Morgan fingerprint density at radius 1 is 0.829 bits per heavy atom. The molecule has 0 unspecified atom stereocenters. The molecule has 2 fully saturated rings. The fourth-order valence-electron chi connectivity index (χ4n) is 5.12. The van der Waals surface area contributed by atoms with Gasteiger partial charge in [-0.05, 0) is 44.2 Å². The fourth-order valence-corrected chi connectivity index (χ4v) is 5.12. The second kappa shape index (κ2) is 9.14. The summed E-state index contributed by atoms with van der Waals surface area (Å²) >= 11 is 0. The Hall–Kier alpha value is -3.72. The second-order valence-electron chi connectivity index (χ2n) is 9.44. The van der Waals surface area contributed by atoms with Crippen LogP contribution in [0.15, 0.2) is 49.2 Å². The standard InChI is InChI=1S/C26H28N8O/c1-32-10-12-33(13-11-32)20-15-23-25(29-16-20)24(31-17-30-23)18-4-8-34(9-5-18)26(35)19-2-3-21-22(14-19)28-7-6-27-21/h2-3,6-7,14-18H,4-5,8-13H2,1H3. The van der Waals surface area contributed by atoms with E-state index >= 15 is 0 Å². The number of pyridine rings is 1. The third-order valence-electron chi connectivity index (χ3n) is 7.24. The van der Waals surface area contributed by atoms with Crippen molar-refractivity contribution >= 4 is 33.7 Å². The average molecular weight is 469 g/mol. The molecule has 0 aliphatic carbocycles. The number of amides is 1. The van der Waals surface area contributed by atoms with Crippen LogP contribution >= 0.6 is 0 Å². The van der Waals surface area contributed by atoms with E-state index in [0.29, 0.717) is 18.7 Å². The zero-order valence-electron chi connectivity index (χ0n) is 19.8. The number of nitrogens with zero attached hydrogens (tertiary/aromatic N) is 8. The Bertz CT molecular complexity index is 1380. The van der Waals surface area contributed by atoms with Crippen LogP contribution in [0.4, 0.5) is 5.69 Å². The van der Waals surface area contributed by atoms with E-state index in [1.54, 1.807) is 18.7 Å². The summed E-state index contributed by atoms with van der Waals surface area (Å²) in [5.74, 6) is 0.299. The second-order valence-corrected chi connectivity index (χ2v) is 9.44. The number of carbonyl (C=O) groups excluding carboxylic acids is 1. The fraction of sp³-hybridized carbons (Fsp3) is 0.385. The quantitative estimate of drug-likeness (QED) is 0.453. The Morgan fingerprint density at radius 2 is 1.60 bits per heavy atom. The van der Waals surface area contributed by atoms with Crippen LogP contribution in [-0.2, 0) is 0 Å². The van der Waals surface area contributed by atoms with Gasteiger partial charge in [0.2, 0.25) is 0 Å². The normalized spacial score (nSPS) is 17.9. The molecule has 5 heterocycles. The number of hydrogen-bond acceptors (Lipinski definition) is 8. The highest BCUT2D eigenvalue weighted by molar-refractivity contribution is 5.97. The molecule has 1 amide bonds. The number of anilines is 1. The predicted octanol–water partition coefficient (Wildman–Crippen LogP) is 2.74. The average Bonchev–Trinajstić information content (AvgIpc) is 2.92. The maximum absolute atomic E-state index is 13.1. The van der Waals surface area contributed by atoms with Crippen molar-refractivity contribution in [3.63, 3.8) is 0 Å². The number of likely N-dealkylation sites (N-methyl/N-ethyl adjacent to an activating group) is 1. The third-order valence-corrected chi connectivity index (χ3v) is 7.24. The van der Waals surface area contributed by atoms with Crippen LogP contribution in [0.3, 0.4) is 0 Å². The lowest BCUT2D eigenvalue weighted by molar-refractivity contribution is 0.0712. The van der Waals surface area contributed by atoms with E-state index in [-0.39, 0.29) is 11.8 Å². The first-order valence-corrected chi connectivity index (χ1v) is 12.2. The maximum Gasteiger partial charge on any atom is 0.253 e. The molecule has 0 N–H and O–H groups in total. The van der Waals surface area contributed by atoms with Gasteiger partial charge in [-0.1, -0.05) is 0 Å². The molecular formula is C26H28N8O. The smallest absolute Gasteiger partial charge is 0.253 e. The Balaban J connectivity index is 1.17. The molecule has 0 radical (unpaired) electrons. The first-order valence-electron chi connectivity index (χ1n) is 12.2. The largest absolute Gasteiger partial charge is 0.368 e. The van der Waals surface area contributed by atoms with Crippen molar-refractivity contribution in [3.05, 3.63) is 60.4 Å². The Labute approximate surface area is 203 Å². The Morgan fingerprint density at radius 3 is 2.40 bits per heavy atom. The van der Waals surface area contributed by atoms with E-state index in [1.165, 1.54) is 0 Å². The predicted molar refractivity (Wildman–Crippen MR) is 134 cm³/mol. The molecule has 0 spiro atoms. The van der Waals surface area contributed by atoms with Crippen molar-refractivity contribution in [1.29, 1.82) is 0 Å². The highest BCUT2D eigenvalue weighted by Gasteiger charge is 2.27. The molecule has 178 valence electrons. The number of fused-ring (bicyclic) bond motifs is 2. The molecule has 2 aliphatic heterocycles. The summed E-state index contributed by atoms with van der Waals surface area (Å²) in [6, 6.07) is 7.67. The van der Waals surface area contributed by atoms with E-state index in [2.05, 4.69) is 42.8 Å². The van der Waals surface area contributed by atoms with Crippen LogP contribution in [0.2, 0.25) is 0 Å². The molecule has 9 heteroatoms. The Kier molecular flexibility index (Phi) is 5.69. The van der Waals surface area contributed by atoms with Gasteiger partial charge in [-0.3, -0.25) is 19.7 Å². The molecule has 2 saturated heterocycles. The van der Waals surface area contributed by atoms with Crippen molar-refractivity contribution in [2.24, 2.45) is 0 Å². The molecule has 6 rings (SSSR count). The highest BCUT2D eigenvalue weighted by atomic mass is 16.2. The number of benzene rings is 1. The van der Waals surface area contributed by atoms with Gasteiger partial charge in [-0.15, -0.1) is 0 Å². The van der Waals surface area contributed by atoms with Gasteiger partial charge in [0.15, 0.2) is 0 Å². The lowest BCUT2D eigenvalue weighted by Gasteiger charge is -2.34. The van der Waals surface area contributed by atoms with Gasteiger partial charge < -0.3 is 14.7 Å². The van der Waals surface area contributed by atoms with Crippen molar-refractivity contribution in [2.45, 2.75) is 18.8 Å². The van der Waals surface area contributed by atoms with Crippen LogP contribution < -0.4 is 4.90 Å². The van der Waals surface area contributed by atoms with Crippen molar-refractivity contribution in [1.82, 2.24) is 34.7 Å². The number of piperidine rings is 1. The summed E-state index contributed by atoms with van der Waals surface area (Å²) in [5, 5.41) is 0. The van der Waals surface area contributed by atoms with E-state index in [4.69, 9.17) is 4.98 Å². The number of piperazine rings is 1. The molecule has 1 aromatic carbocycles. The van der Waals surface area contributed by atoms with Crippen molar-refractivity contribution in [2.75, 3.05) is 51.2 Å². The van der Waals surface area contributed by atoms with Gasteiger partial charge in [0.05, 0.1) is 34.1 Å². The lowest BCUT2D eigenvalue weighted by Crippen LogP contribution is -2.44. The minimum absolute atomic E-state index is 0.0403. The van der Waals surface area contributed by atoms with Gasteiger partial charge in [0, 0.05) is 63.1 Å². The van der Waals surface area contributed by atoms with Gasteiger partial charge in [0.25, 0.3) is 5.91 Å². The first kappa shape index (κ1) is 21.8. The van der Waals surface area contributed by atoms with Gasteiger partial charge in [-0.2, -0.15) is 0 Å². The summed E-state index contributed by atoms with van der Waals surface area (Å²) in [6.45, 7) is 5.48. The van der Waals surface area contributed by atoms with Crippen LogP contribution in [0.25, 0.3) is 22.1 Å². The van der Waals surface area contributed by atoms with Gasteiger partial charge in [-0.25, -0.2) is 9.97 Å². The van der Waals surface area contributed by atoms with Crippen LogP contribution in [-0.4, -0.2) is 86.9 Å². The number of hydrogen-bond donors (Lipinski definition) is 0. The van der Waals surface area contributed by atoms with E-state index < -0.39 is 0 Å². The van der Waals surface area contributed by atoms with Crippen molar-refractivity contribution in [3.8, 4) is 0 Å².